The summed E-state index contributed by atoms with van der Waals surface area (Å²) >= 11 is 0. The van der Waals surface area contributed by atoms with Crippen LogP contribution in [0.3, 0.4) is 0 Å². The van der Waals surface area contributed by atoms with Crippen molar-refractivity contribution in [2.75, 3.05) is 6.61 Å². The Morgan fingerprint density at radius 3 is 2.81 bits per heavy atom. The molecule has 0 unspecified atom stereocenters. The first-order chi connectivity index (χ1) is 7.54. The molecular formula is C11H15N3O2. The molecule has 1 aromatic heterocycles. The van der Waals surface area contributed by atoms with Crippen molar-refractivity contribution in [3.05, 3.63) is 29.0 Å². The standard InChI is InChI=1S/C11H15N3O2/c1-4-16-11(15)9(12)5-10-8(3)14-7(2)6-13-10/h5-6H,4,12H2,1-3H3. The summed E-state index contributed by atoms with van der Waals surface area (Å²) in [4.78, 5) is 19.6. The topological polar surface area (TPSA) is 78.1 Å². The number of carbonyl (C=O) groups is 1. The van der Waals surface area contributed by atoms with Crippen molar-refractivity contribution in [1.29, 1.82) is 0 Å². The minimum atomic E-state index is -0.538. The Bertz CT molecular complexity index is 427. The van der Waals surface area contributed by atoms with E-state index in [0.29, 0.717) is 12.3 Å². The van der Waals surface area contributed by atoms with E-state index >= 15 is 0 Å². The van der Waals surface area contributed by atoms with Crippen LogP contribution in [0.1, 0.15) is 24.0 Å². The number of rotatable bonds is 3. The fraction of sp³-hybridized carbons (Fsp3) is 0.364. The lowest BCUT2D eigenvalue weighted by Gasteiger charge is -2.03. The zero-order chi connectivity index (χ0) is 12.1. The van der Waals surface area contributed by atoms with Crippen molar-refractivity contribution in [3.8, 4) is 0 Å². The molecule has 0 fully saturated rings. The van der Waals surface area contributed by atoms with Gasteiger partial charge in [-0.1, -0.05) is 0 Å². The number of esters is 1. The van der Waals surface area contributed by atoms with Crippen LogP contribution in [0.15, 0.2) is 11.9 Å². The van der Waals surface area contributed by atoms with Crippen LogP contribution < -0.4 is 5.73 Å². The number of aryl methyl sites for hydroxylation is 2. The van der Waals surface area contributed by atoms with Gasteiger partial charge in [0.15, 0.2) is 0 Å². The highest BCUT2D eigenvalue weighted by Crippen LogP contribution is 2.06. The molecule has 0 atom stereocenters. The highest BCUT2D eigenvalue weighted by atomic mass is 16.5. The summed E-state index contributed by atoms with van der Waals surface area (Å²) in [6, 6.07) is 0. The number of ether oxygens (including phenoxy) is 1. The Labute approximate surface area is 94.4 Å². The Hall–Kier alpha value is -1.91. The van der Waals surface area contributed by atoms with E-state index in [-0.39, 0.29) is 5.70 Å². The SMILES string of the molecule is CCOC(=O)C(N)=Cc1ncc(C)nc1C. The predicted octanol–water partition coefficient (Wildman–Crippen LogP) is 0.956. The van der Waals surface area contributed by atoms with Crippen LogP contribution in [-0.4, -0.2) is 22.5 Å². The second kappa shape index (κ2) is 5.25. The Kier molecular flexibility index (Phi) is 3.99. The van der Waals surface area contributed by atoms with E-state index in [0.717, 1.165) is 11.4 Å². The average Bonchev–Trinajstić information content (AvgIpc) is 2.22. The van der Waals surface area contributed by atoms with Crippen LogP contribution in [0, 0.1) is 13.8 Å². The summed E-state index contributed by atoms with van der Waals surface area (Å²) in [7, 11) is 0. The van der Waals surface area contributed by atoms with Gasteiger partial charge in [-0.2, -0.15) is 0 Å². The van der Waals surface area contributed by atoms with Crippen molar-refractivity contribution in [2.45, 2.75) is 20.8 Å². The minimum Gasteiger partial charge on any atom is -0.461 e. The second-order valence-electron chi connectivity index (χ2n) is 3.30. The van der Waals surface area contributed by atoms with E-state index in [9.17, 15) is 4.79 Å². The van der Waals surface area contributed by atoms with E-state index in [1.807, 2.05) is 13.8 Å². The molecule has 0 saturated heterocycles. The Morgan fingerprint density at radius 1 is 1.56 bits per heavy atom. The van der Waals surface area contributed by atoms with Gasteiger partial charge in [0.2, 0.25) is 0 Å². The normalized spacial score (nSPS) is 11.3. The van der Waals surface area contributed by atoms with Gasteiger partial charge in [-0.3, -0.25) is 9.97 Å². The number of carbonyl (C=O) groups excluding carboxylic acids is 1. The van der Waals surface area contributed by atoms with Gasteiger partial charge < -0.3 is 10.5 Å². The molecule has 0 spiro atoms. The van der Waals surface area contributed by atoms with Crippen molar-refractivity contribution >= 4 is 12.0 Å². The van der Waals surface area contributed by atoms with Gasteiger partial charge in [0, 0.05) is 6.20 Å². The smallest absolute Gasteiger partial charge is 0.354 e. The summed E-state index contributed by atoms with van der Waals surface area (Å²) < 4.78 is 4.76. The highest BCUT2D eigenvalue weighted by Gasteiger charge is 2.07. The molecule has 0 radical (unpaired) electrons. The first kappa shape index (κ1) is 12.2. The molecule has 2 N–H and O–H groups in total. The van der Waals surface area contributed by atoms with E-state index in [2.05, 4.69) is 9.97 Å². The maximum atomic E-state index is 11.3. The Morgan fingerprint density at radius 2 is 2.25 bits per heavy atom. The van der Waals surface area contributed by atoms with Crippen LogP contribution in [-0.2, 0) is 9.53 Å². The van der Waals surface area contributed by atoms with Crippen LogP contribution in [0.5, 0.6) is 0 Å². The molecule has 0 bridgehead atoms. The van der Waals surface area contributed by atoms with Crippen LogP contribution in [0.2, 0.25) is 0 Å². The lowest BCUT2D eigenvalue weighted by Crippen LogP contribution is -2.14. The number of nitrogens with two attached hydrogens (primary N) is 1. The molecule has 0 aliphatic rings. The monoisotopic (exact) mass is 221 g/mol. The van der Waals surface area contributed by atoms with Crippen molar-refractivity contribution < 1.29 is 9.53 Å². The van der Waals surface area contributed by atoms with Crippen LogP contribution in [0.4, 0.5) is 0 Å². The summed E-state index contributed by atoms with van der Waals surface area (Å²) in [5, 5.41) is 0. The molecule has 16 heavy (non-hydrogen) atoms. The fourth-order valence-electron chi connectivity index (χ4n) is 1.17. The largest absolute Gasteiger partial charge is 0.461 e. The Balaban J connectivity index is 2.94. The number of hydrogen-bond donors (Lipinski definition) is 1. The first-order valence-electron chi connectivity index (χ1n) is 4.99. The average molecular weight is 221 g/mol. The van der Waals surface area contributed by atoms with Crippen LogP contribution in [0.25, 0.3) is 6.08 Å². The molecule has 1 aromatic rings. The van der Waals surface area contributed by atoms with Gasteiger partial charge in [-0.05, 0) is 26.8 Å². The third kappa shape index (κ3) is 3.05. The summed E-state index contributed by atoms with van der Waals surface area (Å²) in [5.74, 6) is -0.538. The zero-order valence-electron chi connectivity index (χ0n) is 9.65. The fourth-order valence-corrected chi connectivity index (χ4v) is 1.17. The molecule has 0 aromatic carbocycles. The molecule has 0 amide bonds. The van der Waals surface area contributed by atoms with Crippen molar-refractivity contribution in [3.63, 3.8) is 0 Å². The highest BCUT2D eigenvalue weighted by molar-refractivity contribution is 5.92. The van der Waals surface area contributed by atoms with Gasteiger partial charge in [0.05, 0.1) is 23.7 Å². The third-order valence-electron chi connectivity index (χ3n) is 1.91. The van der Waals surface area contributed by atoms with Gasteiger partial charge in [0.25, 0.3) is 0 Å². The number of aromatic nitrogens is 2. The minimum absolute atomic E-state index is 0.0307. The third-order valence-corrected chi connectivity index (χ3v) is 1.91. The first-order valence-corrected chi connectivity index (χ1v) is 4.99. The molecule has 5 nitrogen and oxygen atoms in total. The molecule has 86 valence electrons. The van der Waals surface area contributed by atoms with Crippen molar-refractivity contribution in [2.24, 2.45) is 5.73 Å². The maximum Gasteiger partial charge on any atom is 0.354 e. The molecule has 0 aliphatic carbocycles. The van der Waals surface area contributed by atoms with Crippen LogP contribution >= 0.6 is 0 Å². The van der Waals surface area contributed by atoms with Gasteiger partial charge >= 0.3 is 5.97 Å². The molecule has 1 heterocycles. The molecule has 1 rings (SSSR count). The van der Waals surface area contributed by atoms with Gasteiger partial charge in [-0.15, -0.1) is 0 Å². The molecule has 5 heteroatoms. The molecular weight excluding hydrogens is 206 g/mol. The lowest BCUT2D eigenvalue weighted by atomic mass is 10.2. The lowest BCUT2D eigenvalue weighted by molar-refractivity contribution is -0.138. The summed E-state index contributed by atoms with van der Waals surface area (Å²) in [6.45, 7) is 5.68. The van der Waals surface area contributed by atoms with E-state index < -0.39 is 5.97 Å². The summed E-state index contributed by atoms with van der Waals surface area (Å²) in [6.07, 6.45) is 3.09. The van der Waals surface area contributed by atoms with Gasteiger partial charge in [0.1, 0.15) is 5.70 Å². The number of nitrogens with zero attached hydrogens (tertiary/aromatic N) is 2. The van der Waals surface area contributed by atoms with E-state index in [1.54, 1.807) is 13.1 Å². The van der Waals surface area contributed by atoms with Gasteiger partial charge in [-0.25, -0.2) is 4.79 Å². The quantitative estimate of drug-likeness (QED) is 0.607. The molecule has 0 saturated carbocycles. The zero-order valence-corrected chi connectivity index (χ0v) is 9.65. The predicted molar refractivity (Wildman–Crippen MR) is 60.3 cm³/mol. The number of hydrogen-bond acceptors (Lipinski definition) is 5. The van der Waals surface area contributed by atoms with E-state index in [1.165, 1.54) is 6.08 Å². The maximum absolute atomic E-state index is 11.3. The second-order valence-corrected chi connectivity index (χ2v) is 3.30. The van der Waals surface area contributed by atoms with Crippen molar-refractivity contribution in [1.82, 2.24) is 9.97 Å². The summed E-state index contributed by atoms with van der Waals surface area (Å²) in [5.41, 5.74) is 7.72. The molecule has 0 aliphatic heterocycles. The van der Waals surface area contributed by atoms with E-state index in [4.69, 9.17) is 10.5 Å².